The molecule has 3 amide bonds. The number of hydrogen-bond acceptors (Lipinski definition) is 14. The van der Waals surface area contributed by atoms with E-state index < -0.39 is 11.0 Å². The van der Waals surface area contributed by atoms with Crippen LogP contribution >= 0.6 is 11.6 Å². The number of piperidine rings is 1. The fourth-order valence-corrected chi connectivity index (χ4v) is 12.1. The number of carbonyl (C=O) groups excluding carboxylic acids is 3. The molecule has 9 heterocycles. The molecule has 4 N–H and O–H groups in total. The number of aromatic nitrogens is 6. The number of hydrogen-bond donors (Lipinski definition) is 3. The van der Waals surface area contributed by atoms with Crippen LogP contribution in [0.1, 0.15) is 72.6 Å². The van der Waals surface area contributed by atoms with Gasteiger partial charge in [-0.15, -0.1) is 0 Å². The summed E-state index contributed by atoms with van der Waals surface area (Å²) in [4.78, 5) is 76.9. The lowest BCUT2D eigenvalue weighted by atomic mass is 9.65. The van der Waals surface area contributed by atoms with E-state index in [1.165, 1.54) is 0 Å². The van der Waals surface area contributed by atoms with Crippen molar-refractivity contribution in [3.8, 4) is 5.75 Å². The molecule has 0 spiro atoms. The normalized spacial score (nSPS) is 22.6. The third kappa shape index (κ3) is 11.0. The second-order valence-corrected chi connectivity index (χ2v) is 22.5. The number of imidazole rings is 1. The van der Waals surface area contributed by atoms with E-state index in [-0.39, 0.29) is 29.4 Å². The lowest BCUT2D eigenvalue weighted by molar-refractivity contribution is -0.203. The molecule has 0 radical (unpaired) electrons. The smallest absolute Gasteiger partial charge is 0.272 e. The van der Waals surface area contributed by atoms with Crippen LogP contribution in [0.25, 0.3) is 22.2 Å². The van der Waals surface area contributed by atoms with Crippen molar-refractivity contribution in [2.24, 2.45) is 11.1 Å². The summed E-state index contributed by atoms with van der Waals surface area (Å²) in [5, 5.41) is 4.93. The minimum Gasteiger partial charge on any atom is -0.492 e. The molecule has 1 saturated carbocycles. The molecule has 5 aliphatic heterocycles. The fraction of sp³-hybridized carbons (Fsp3) is 0.518. The van der Waals surface area contributed by atoms with Gasteiger partial charge in [-0.1, -0.05) is 41.9 Å². The lowest BCUT2D eigenvalue weighted by Gasteiger charge is -2.55. The molecular weight excluding hydrogens is 984 g/mol. The predicted octanol–water partition coefficient (Wildman–Crippen LogP) is 4.82. The second kappa shape index (κ2) is 22.0. The Kier molecular flexibility index (Phi) is 15.0. The molecule has 19 nitrogen and oxygen atoms in total. The number of anilines is 1. The number of ether oxygens (including phenoxy) is 2. The van der Waals surface area contributed by atoms with E-state index in [2.05, 4.69) is 55.8 Å². The number of piperazine rings is 2. The first kappa shape index (κ1) is 51.9. The molecule has 12 rings (SSSR count). The summed E-state index contributed by atoms with van der Waals surface area (Å²) in [6.07, 6.45) is 10.2. The van der Waals surface area contributed by atoms with Crippen LogP contribution in [0.4, 0.5) is 5.82 Å². The van der Waals surface area contributed by atoms with E-state index in [0.29, 0.717) is 94.7 Å². The van der Waals surface area contributed by atoms with Crippen LogP contribution in [0.5, 0.6) is 5.75 Å². The number of aromatic amines is 1. The monoisotopic (exact) mass is 1050 g/mol. The maximum Gasteiger partial charge on any atom is 0.272 e. The van der Waals surface area contributed by atoms with E-state index in [0.717, 1.165) is 111 Å². The maximum absolute atomic E-state index is 14.4. The van der Waals surface area contributed by atoms with E-state index in [1.807, 2.05) is 84.4 Å². The van der Waals surface area contributed by atoms with Gasteiger partial charge in [0.05, 0.1) is 47.5 Å². The number of nitrogens with one attached hydrogen (secondary N) is 2. The van der Waals surface area contributed by atoms with E-state index in [9.17, 15) is 14.4 Å². The zero-order valence-electron chi connectivity index (χ0n) is 43.8. The van der Waals surface area contributed by atoms with Crippen molar-refractivity contribution >= 4 is 57.3 Å². The third-order valence-electron chi connectivity index (χ3n) is 16.9. The number of nitrogens with zero attached hydrogens (tertiary/aromatic N) is 11. The highest BCUT2D eigenvalue weighted by molar-refractivity contribution is 6.30. The van der Waals surface area contributed by atoms with E-state index in [1.54, 1.807) is 18.7 Å². The second-order valence-electron chi connectivity index (χ2n) is 22.1. The van der Waals surface area contributed by atoms with Crippen molar-refractivity contribution in [2.75, 3.05) is 117 Å². The van der Waals surface area contributed by atoms with Gasteiger partial charge in [-0.25, -0.2) is 19.9 Å². The van der Waals surface area contributed by atoms with Gasteiger partial charge in [0.1, 0.15) is 41.4 Å². The molecule has 0 unspecified atom stereocenters. The number of nitrogens with two attached hydrogens (primary N) is 1. The molecule has 402 valence electrons. The Labute approximate surface area is 449 Å². The van der Waals surface area contributed by atoms with Crippen LogP contribution in [0.3, 0.4) is 0 Å². The molecular formula is C56H71ClN14O5. The first-order valence-corrected chi connectivity index (χ1v) is 27.5. The van der Waals surface area contributed by atoms with Crippen LogP contribution in [0.2, 0.25) is 5.02 Å². The first-order chi connectivity index (χ1) is 36.8. The van der Waals surface area contributed by atoms with Gasteiger partial charge in [0.15, 0.2) is 5.65 Å². The number of pyridine rings is 1. The number of para-hydroxylation sites is 1. The Morgan fingerprint density at radius 3 is 2.32 bits per heavy atom. The molecule has 6 fully saturated rings. The fourth-order valence-electron chi connectivity index (χ4n) is 12.0. The van der Waals surface area contributed by atoms with E-state index >= 15 is 0 Å². The van der Waals surface area contributed by atoms with Crippen LogP contribution in [-0.2, 0) is 20.9 Å². The summed E-state index contributed by atoms with van der Waals surface area (Å²) in [6.45, 7) is 10.7. The summed E-state index contributed by atoms with van der Waals surface area (Å²) < 4.78 is 14.8. The Hall–Kier alpha value is -6.22. The Bertz CT molecular complexity index is 2990. The minimum atomic E-state index is -1.02. The molecule has 2 bridgehead atoms. The summed E-state index contributed by atoms with van der Waals surface area (Å²) in [5.74, 6) is 1.67. The molecule has 4 aromatic heterocycles. The summed E-state index contributed by atoms with van der Waals surface area (Å²) >= 11 is 6.30. The Morgan fingerprint density at radius 2 is 1.58 bits per heavy atom. The topological polar surface area (TPSA) is 199 Å². The SMILES string of the molecule is CN(C)CCOc1ccccc1Cn1cnc2ccc(C(=O)N3CCN(CC45CCC(C(=O)N6CCN(CC[C@H](NC(=O)C7(N)CCN(c8ncnc9[nH]ccc89)CC7)c7ccc(Cl)cc7)CC6)(CC4)CO5)CC3)nc21. The van der Waals surface area contributed by atoms with Gasteiger partial charge >= 0.3 is 0 Å². The molecule has 6 aromatic rings. The average molecular weight is 1060 g/mol. The van der Waals surface area contributed by atoms with Gasteiger partial charge in [-0.3, -0.25) is 24.2 Å². The van der Waals surface area contributed by atoms with Crippen molar-refractivity contribution < 1.29 is 23.9 Å². The standard InChI is InChI=1S/C56H71ClN14O5/c1-65(2)33-34-75-47-6-4-3-5-41(47)35-71-39-62-45-11-12-46(63-50(45)71)51(72)69-29-27-67(28-30-69)36-55-17-15-54(16-18-55,37-76-55)53(74)70-31-25-66(26-32-70)22-14-44(40-7-9-42(57)10-8-40)64-52(73)56(58)19-23-68(24-20-56)49-43-13-21-59-48(43)60-38-61-49/h3-13,21,38-39,44H,14-20,22-37,58H2,1-2H3,(H,64,73)(H,59,60,61)/t44-,54?,55?/m0/s1. The number of likely N-dealkylation sites (N-methyl/N-ethyl adjacent to an activating group) is 1. The Morgan fingerprint density at radius 1 is 0.842 bits per heavy atom. The zero-order chi connectivity index (χ0) is 52.4. The van der Waals surface area contributed by atoms with Crippen molar-refractivity contribution in [1.29, 1.82) is 0 Å². The number of fused-ring (bicyclic) bond motifs is 5. The number of halogens is 1. The lowest BCUT2D eigenvalue weighted by Crippen LogP contribution is -2.63. The first-order valence-electron chi connectivity index (χ1n) is 27.1. The number of H-pyrrole nitrogens is 1. The summed E-state index contributed by atoms with van der Waals surface area (Å²) in [7, 11) is 4.05. The molecule has 1 atom stereocenters. The average Bonchev–Trinajstić information content (AvgIpc) is 4.12. The van der Waals surface area contributed by atoms with Crippen LogP contribution in [0.15, 0.2) is 85.6 Å². The summed E-state index contributed by atoms with van der Waals surface area (Å²) in [5.41, 5.74) is 9.73. The highest BCUT2D eigenvalue weighted by Crippen LogP contribution is 2.50. The molecule has 2 aromatic carbocycles. The largest absolute Gasteiger partial charge is 0.492 e. The number of amides is 3. The van der Waals surface area contributed by atoms with Gasteiger partial charge in [-0.2, -0.15) is 0 Å². The number of rotatable bonds is 17. The number of benzene rings is 2. The van der Waals surface area contributed by atoms with Gasteiger partial charge in [0.25, 0.3) is 5.91 Å². The zero-order valence-corrected chi connectivity index (χ0v) is 44.6. The van der Waals surface area contributed by atoms with Crippen LogP contribution < -0.4 is 20.7 Å². The molecule has 1 aliphatic carbocycles. The molecule has 20 heteroatoms. The predicted molar refractivity (Wildman–Crippen MR) is 291 cm³/mol. The van der Waals surface area contributed by atoms with Gasteiger partial charge < -0.3 is 49.7 Å². The molecule has 76 heavy (non-hydrogen) atoms. The number of carbonyl (C=O) groups is 3. The van der Waals surface area contributed by atoms with Gasteiger partial charge in [0.2, 0.25) is 11.8 Å². The highest BCUT2D eigenvalue weighted by atomic mass is 35.5. The van der Waals surface area contributed by atoms with Gasteiger partial charge in [0, 0.05) is 102 Å². The van der Waals surface area contributed by atoms with Crippen molar-refractivity contribution in [3.63, 3.8) is 0 Å². The minimum absolute atomic E-state index is 0.0754. The van der Waals surface area contributed by atoms with Gasteiger partial charge in [-0.05, 0) is 101 Å². The van der Waals surface area contributed by atoms with Crippen LogP contribution in [0, 0.1) is 5.41 Å². The van der Waals surface area contributed by atoms with Crippen molar-refractivity contribution in [1.82, 2.24) is 59.3 Å². The Balaban J connectivity index is 0.632. The van der Waals surface area contributed by atoms with Crippen molar-refractivity contribution in [2.45, 2.75) is 68.7 Å². The third-order valence-corrected chi connectivity index (χ3v) is 17.2. The van der Waals surface area contributed by atoms with E-state index in [4.69, 9.17) is 31.8 Å². The summed E-state index contributed by atoms with van der Waals surface area (Å²) in [6, 6.07) is 21.1. The molecule has 6 aliphatic rings. The maximum atomic E-state index is 14.4. The van der Waals surface area contributed by atoms with Crippen LogP contribution in [-0.4, -0.2) is 195 Å². The highest BCUT2D eigenvalue weighted by Gasteiger charge is 2.55. The quantitative estimate of drug-likeness (QED) is 0.112. The van der Waals surface area contributed by atoms with Crippen molar-refractivity contribution in [3.05, 3.63) is 107 Å². The molecule has 5 saturated heterocycles.